The molecular weight excluding hydrogens is 344 g/mol. The Balaban J connectivity index is 1.45. The Morgan fingerprint density at radius 3 is 2.69 bits per heavy atom. The minimum atomic E-state index is -0.363. The third kappa shape index (κ3) is 3.19. The molecule has 1 aromatic carbocycles. The zero-order valence-corrected chi connectivity index (χ0v) is 15.6. The molecule has 1 aliphatic rings. The molecule has 4 rings (SSSR count). The lowest BCUT2D eigenvalue weighted by atomic mass is 9.83. The van der Waals surface area contributed by atoms with Gasteiger partial charge in [0.25, 0.3) is 0 Å². The quantitative estimate of drug-likeness (QED) is 0.703. The number of carbonyl (C=O) groups excluding carboxylic acids is 1. The summed E-state index contributed by atoms with van der Waals surface area (Å²) in [6.45, 7) is 2.44. The summed E-state index contributed by atoms with van der Waals surface area (Å²) in [6.07, 6.45) is 4.05. The Labute approximate surface area is 157 Å². The van der Waals surface area contributed by atoms with E-state index in [9.17, 15) is 4.79 Å². The highest BCUT2D eigenvalue weighted by atomic mass is 32.1. The second-order valence-corrected chi connectivity index (χ2v) is 7.95. The molecule has 3 aromatic rings. The van der Waals surface area contributed by atoms with Gasteiger partial charge in [-0.1, -0.05) is 53.9 Å². The number of nitrogens with one attached hydrogen (secondary N) is 1. The highest BCUT2D eigenvalue weighted by molar-refractivity contribution is 7.10. The van der Waals surface area contributed by atoms with Gasteiger partial charge in [-0.25, -0.2) is 0 Å². The van der Waals surface area contributed by atoms with Crippen LogP contribution in [-0.4, -0.2) is 11.1 Å². The molecule has 1 N–H and O–H groups in total. The lowest BCUT2D eigenvalue weighted by Crippen LogP contribution is -2.41. The molecule has 0 spiro atoms. The molecule has 0 atom stereocenters. The van der Waals surface area contributed by atoms with Crippen LogP contribution in [0.5, 0.6) is 0 Å². The van der Waals surface area contributed by atoms with Gasteiger partial charge in [-0.15, -0.1) is 11.3 Å². The molecule has 26 heavy (non-hydrogen) atoms. The van der Waals surface area contributed by atoms with Crippen molar-refractivity contribution in [3.8, 4) is 11.3 Å². The number of carbonyl (C=O) groups is 1. The van der Waals surface area contributed by atoms with Crippen molar-refractivity contribution in [2.45, 2.75) is 44.6 Å². The number of nitrogens with zero attached hydrogens (tertiary/aromatic N) is 1. The average Bonchev–Trinajstić information content (AvgIpc) is 3.41. The van der Waals surface area contributed by atoms with Crippen molar-refractivity contribution in [3.05, 3.63) is 64.0 Å². The molecule has 134 valence electrons. The number of benzene rings is 1. The van der Waals surface area contributed by atoms with Gasteiger partial charge in [0.1, 0.15) is 5.69 Å². The van der Waals surface area contributed by atoms with Gasteiger partial charge in [-0.3, -0.25) is 4.79 Å². The summed E-state index contributed by atoms with van der Waals surface area (Å²) in [5.41, 5.74) is 2.58. The molecule has 1 saturated carbocycles. The fourth-order valence-electron chi connectivity index (χ4n) is 3.70. The third-order valence-electron chi connectivity index (χ3n) is 5.21. The number of hydrogen-bond donors (Lipinski definition) is 1. The lowest BCUT2D eigenvalue weighted by molar-refractivity contribution is -0.126. The van der Waals surface area contributed by atoms with Gasteiger partial charge in [0.15, 0.2) is 5.76 Å². The van der Waals surface area contributed by atoms with Gasteiger partial charge < -0.3 is 9.84 Å². The minimum Gasteiger partial charge on any atom is -0.356 e. The lowest BCUT2D eigenvalue weighted by Gasteiger charge is -2.26. The van der Waals surface area contributed by atoms with E-state index in [1.54, 1.807) is 11.3 Å². The van der Waals surface area contributed by atoms with Crippen molar-refractivity contribution in [1.29, 1.82) is 0 Å². The van der Waals surface area contributed by atoms with E-state index in [1.165, 1.54) is 10.4 Å². The zero-order chi connectivity index (χ0) is 18.0. The Morgan fingerprint density at radius 2 is 2.00 bits per heavy atom. The molecule has 5 heteroatoms. The Bertz CT molecular complexity index is 875. The van der Waals surface area contributed by atoms with Gasteiger partial charge in [0.2, 0.25) is 5.91 Å². The van der Waals surface area contributed by atoms with Crippen LogP contribution in [0.4, 0.5) is 0 Å². The zero-order valence-electron chi connectivity index (χ0n) is 14.8. The monoisotopic (exact) mass is 366 g/mol. The van der Waals surface area contributed by atoms with Crippen molar-refractivity contribution in [1.82, 2.24) is 10.5 Å². The number of hydrogen-bond acceptors (Lipinski definition) is 4. The molecule has 2 aromatic heterocycles. The molecule has 1 amide bonds. The Hall–Kier alpha value is -2.40. The van der Waals surface area contributed by atoms with Crippen LogP contribution in [0.25, 0.3) is 11.3 Å². The van der Waals surface area contributed by atoms with Gasteiger partial charge in [-0.2, -0.15) is 0 Å². The van der Waals surface area contributed by atoms with Crippen LogP contribution in [0.3, 0.4) is 0 Å². The summed E-state index contributed by atoms with van der Waals surface area (Å²) in [5.74, 6) is 0.834. The largest absolute Gasteiger partial charge is 0.356 e. The molecule has 2 heterocycles. The molecule has 0 saturated heterocycles. The highest BCUT2D eigenvalue weighted by Crippen LogP contribution is 2.43. The number of amides is 1. The second kappa shape index (κ2) is 7.08. The van der Waals surface area contributed by atoms with E-state index in [1.807, 2.05) is 41.8 Å². The predicted molar refractivity (Wildman–Crippen MR) is 103 cm³/mol. The SMILES string of the molecule is Cc1ccc(-c2cc(CNC(=O)C3(c4cccs4)CCCC3)no2)cc1. The van der Waals surface area contributed by atoms with Gasteiger partial charge in [-0.05, 0) is 31.2 Å². The summed E-state index contributed by atoms with van der Waals surface area (Å²) in [5, 5.41) is 9.25. The average molecular weight is 366 g/mol. The van der Waals surface area contributed by atoms with Crippen molar-refractivity contribution in [3.63, 3.8) is 0 Å². The van der Waals surface area contributed by atoms with Crippen LogP contribution in [0.15, 0.2) is 52.4 Å². The predicted octanol–water partition coefficient (Wildman–Crippen LogP) is 4.84. The van der Waals surface area contributed by atoms with Crippen LogP contribution in [0.2, 0.25) is 0 Å². The van der Waals surface area contributed by atoms with Crippen molar-refractivity contribution in [2.24, 2.45) is 0 Å². The van der Waals surface area contributed by atoms with E-state index in [0.29, 0.717) is 6.54 Å². The van der Waals surface area contributed by atoms with E-state index in [0.717, 1.165) is 42.7 Å². The van der Waals surface area contributed by atoms with E-state index < -0.39 is 0 Å². The summed E-state index contributed by atoms with van der Waals surface area (Å²) < 4.78 is 5.45. The van der Waals surface area contributed by atoms with Crippen LogP contribution in [0.1, 0.15) is 41.8 Å². The van der Waals surface area contributed by atoms with Crippen molar-refractivity contribution >= 4 is 17.2 Å². The van der Waals surface area contributed by atoms with E-state index in [2.05, 4.69) is 23.5 Å². The first-order valence-corrected chi connectivity index (χ1v) is 9.90. The Morgan fingerprint density at radius 1 is 1.23 bits per heavy atom. The van der Waals surface area contributed by atoms with E-state index >= 15 is 0 Å². The Kier molecular flexibility index (Phi) is 4.64. The topological polar surface area (TPSA) is 55.1 Å². The van der Waals surface area contributed by atoms with Crippen molar-refractivity contribution in [2.75, 3.05) is 0 Å². The first-order chi connectivity index (χ1) is 12.7. The third-order valence-corrected chi connectivity index (χ3v) is 6.28. The van der Waals surface area contributed by atoms with Crippen LogP contribution in [-0.2, 0) is 16.8 Å². The molecule has 4 nitrogen and oxygen atoms in total. The molecular formula is C21H22N2O2S. The van der Waals surface area contributed by atoms with Crippen molar-refractivity contribution < 1.29 is 9.32 Å². The summed E-state index contributed by atoms with van der Waals surface area (Å²) in [7, 11) is 0. The molecule has 1 aliphatic carbocycles. The standard InChI is InChI=1S/C21H22N2O2S/c1-15-6-8-16(9-7-15)18-13-17(23-25-18)14-22-20(24)21(10-2-3-11-21)19-5-4-12-26-19/h4-9,12-13H,2-3,10-11,14H2,1H3,(H,22,24). The molecule has 0 aliphatic heterocycles. The smallest absolute Gasteiger partial charge is 0.231 e. The minimum absolute atomic E-state index is 0.109. The maximum atomic E-state index is 13.0. The number of rotatable bonds is 5. The molecule has 0 bridgehead atoms. The first-order valence-electron chi connectivity index (χ1n) is 9.02. The van der Waals surface area contributed by atoms with Gasteiger partial charge >= 0.3 is 0 Å². The number of aryl methyl sites for hydroxylation is 1. The molecule has 0 unspecified atom stereocenters. The maximum Gasteiger partial charge on any atom is 0.231 e. The summed E-state index contributed by atoms with van der Waals surface area (Å²) in [6, 6.07) is 14.1. The van der Waals surface area contributed by atoms with Crippen LogP contribution in [0, 0.1) is 6.92 Å². The van der Waals surface area contributed by atoms with Crippen LogP contribution >= 0.6 is 11.3 Å². The van der Waals surface area contributed by atoms with Crippen LogP contribution < -0.4 is 5.32 Å². The highest BCUT2D eigenvalue weighted by Gasteiger charge is 2.43. The second-order valence-electron chi connectivity index (χ2n) is 7.00. The normalized spacial score (nSPS) is 15.9. The fourth-order valence-corrected chi connectivity index (χ4v) is 4.69. The fraction of sp³-hybridized carbons (Fsp3) is 0.333. The molecule has 0 radical (unpaired) electrons. The summed E-state index contributed by atoms with van der Waals surface area (Å²) >= 11 is 1.68. The van der Waals surface area contributed by atoms with E-state index in [-0.39, 0.29) is 11.3 Å². The number of thiophene rings is 1. The first kappa shape index (κ1) is 17.0. The van der Waals surface area contributed by atoms with Gasteiger partial charge in [0, 0.05) is 16.5 Å². The maximum absolute atomic E-state index is 13.0. The van der Waals surface area contributed by atoms with Gasteiger partial charge in [0.05, 0.1) is 12.0 Å². The van der Waals surface area contributed by atoms with E-state index in [4.69, 9.17) is 4.52 Å². The molecule has 1 fully saturated rings. The number of aromatic nitrogens is 1. The summed E-state index contributed by atoms with van der Waals surface area (Å²) in [4.78, 5) is 14.2.